The van der Waals surface area contributed by atoms with Crippen LogP contribution in [0.3, 0.4) is 0 Å². The summed E-state index contributed by atoms with van der Waals surface area (Å²) in [5.74, 6) is -1.29. The molecule has 1 fully saturated rings. The minimum atomic E-state index is -1.29. The predicted octanol–water partition coefficient (Wildman–Crippen LogP) is 1.91. The van der Waals surface area contributed by atoms with Crippen molar-refractivity contribution < 1.29 is 19.6 Å². The van der Waals surface area contributed by atoms with Crippen molar-refractivity contribution in [2.45, 2.75) is 18.9 Å². The van der Waals surface area contributed by atoms with Crippen LogP contribution in [0.2, 0.25) is 0 Å². The maximum absolute atomic E-state index is 11.0. The highest BCUT2D eigenvalue weighted by atomic mass is 16.6. The van der Waals surface area contributed by atoms with Crippen molar-refractivity contribution in [3.63, 3.8) is 0 Å². The Morgan fingerprint density at radius 3 is 2.90 bits per heavy atom. The first-order chi connectivity index (χ1) is 9.52. The van der Waals surface area contributed by atoms with Crippen LogP contribution in [-0.2, 0) is 4.74 Å². The van der Waals surface area contributed by atoms with E-state index in [4.69, 9.17) is 9.84 Å². The molecule has 1 unspecified atom stereocenters. The lowest BCUT2D eigenvalue weighted by atomic mass is 10.1. The van der Waals surface area contributed by atoms with E-state index in [2.05, 4.69) is 0 Å². The number of nitro benzene ring substituents is 1. The lowest BCUT2D eigenvalue weighted by Gasteiger charge is -2.33. The van der Waals surface area contributed by atoms with E-state index in [-0.39, 0.29) is 17.4 Å². The maximum Gasteiger partial charge on any atom is 0.342 e. The number of ether oxygens (including phenoxy) is 1. The number of nitrogens with zero attached hydrogens (tertiary/aromatic N) is 2. The number of carboxylic acid groups (broad SMARTS) is 1. The predicted molar refractivity (Wildman–Crippen MR) is 72.3 cm³/mol. The molecule has 0 bridgehead atoms. The summed E-state index contributed by atoms with van der Waals surface area (Å²) in [6.07, 6.45) is 2.00. The third-order valence-electron chi connectivity index (χ3n) is 3.49. The van der Waals surface area contributed by atoms with E-state index in [0.29, 0.717) is 12.2 Å². The Kier molecular flexibility index (Phi) is 4.19. The van der Waals surface area contributed by atoms with Crippen LogP contribution in [0.5, 0.6) is 0 Å². The number of carbonyl (C=O) groups is 1. The lowest BCUT2D eigenvalue weighted by Crippen LogP contribution is -2.39. The molecular formula is C13H16N2O5. The van der Waals surface area contributed by atoms with Crippen molar-refractivity contribution in [1.82, 2.24) is 0 Å². The molecule has 1 N–H and O–H groups in total. The van der Waals surface area contributed by atoms with Crippen LogP contribution in [0.1, 0.15) is 23.2 Å². The molecule has 1 saturated heterocycles. The highest BCUT2D eigenvalue weighted by molar-refractivity contribution is 5.93. The van der Waals surface area contributed by atoms with E-state index >= 15 is 0 Å². The number of hydrogen-bond donors (Lipinski definition) is 1. The summed E-state index contributed by atoms with van der Waals surface area (Å²) in [6.45, 7) is 1.43. The molecular weight excluding hydrogens is 264 g/mol. The van der Waals surface area contributed by atoms with Crippen LogP contribution in [0.25, 0.3) is 0 Å². The molecule has 1 aliphatic heterocycles. The van der Waals surface area contributed by atoms with Crippen LogP contribution in [0.15, 0.2) is 18.2 Å². The van der Waals surface area contributed by atoms with Gasteiger partial charge in [-0.15, -0.1) is 0 Å². The molecule has 0 saturated carbocycles. The number of rotatable bonds is 4. The van der Waals surface area contributed by atoms with Gasteiger partial charge in [-0.3, -0.25) is 10.1 Å². The van der Waals surface area contributed by atoms with Gasteiger partial charge in [-0.05, 0) is 25.0 Å². The van der Waals surface area contributed by atoms with E-state index < -0.39 is 10.9 Å². The molecule has 0 spiro atoms. The zero-order chi connectivity index (χ0) is 14.7. The summed E-state index contributed by atoms with van der Waals surface area (Å²) >= 11 is 0. The Labute approximate surface area is 115 Å². The van der Waals surface area contributed by atoms with E-state index in [1.165, 1.54) is 12.1 Å². The Balaban J connectivity index is 2.31. The molecule has 1 heterocycles. The number of anilines is 1. The highest BCUT2D eigenvalue weighted by Crippen LogP contribution is 2.28. The Bertz CT molecular complexity index is 531. The molecule has 2 rings (SSSR count). The summed E-state index contributed by atoms with van der Waals surface area (Å²) < 4.78 is 5.31. The number of hydrogen-bond acceptors (Lipinski definition) is 5. The van der Waals surface area contributed by atoms with E-state index in [0.717, 1.165) is 19.4 Å². The number of nitro groups is 1. The molecule has 0 aliphatic carbocycles. The smallest absolute Gasteiger partial charge is 0.342 e. The van der Waals surface area contributed by atoms with Gasteiger partial charge in [-0.1, -0.05) is 0 Å². The van der Waals surface area contributed by atoms with Crippen molar-refractivity contribution in [3.05, 3.63) is 33.9 Å². The number of carboxylic acids is 1. The standard InChI is InChI=1S/C13H16N2O5/c1-20-10-3-2-6-14(8-10)9-4-5-11(13(16)17)12(7-9)15(18)19/h4-5,7,10H,2-3,6,8H2,1H3,(H,16,17). The van der Waals surface area contributed by atoms with Gasteiger partial charge in [0.25, 0.3) is 5.69 Å². The summed E-state index contributed by atoms with van der Waals surface area (Å²) in [5, 5.41) is 19.9. The van der Waals surface area contributed by atoms with Gasteiger partial charge in [0.2, 0.25) is 0 Å². The second-order valence-corrected chi connectivity index (χ2v) is 4.71. The minimum absolute atomic E-state index is 0.0990. The topological polar surface area (TPSA) is 92.9 Å². The van der Waals surface area contributed by atoms with Crippen molar-refractivity contribution in [1.29, 1.82) is 0 Å². The molecule has 0 aromatic heterocycles. The highest BCUT2D eigenvalue weighted by Gasteiger charge is 2.24. The Morgan fingerprint density at radius 2 is 2.30 bits per heavy atom. The monoisotopic (exact) mass is 280 g/mol. The fraction of sp³-hybridized carbons (Fsp3) is 0.462. The zero-order valence-corrected chi connectivity index (χ0v) is 11.1. The van der Waals surface area contributed by atoms with Gasteiger partial charge in [0.15, 0.2) is 0 Å². The summed E-state index contributed by atoms with van der Waals surface area (Å²) in [7, 11) is 1.64. The van der Waals surface area contributed by atoms with Crippen LogP contribution in [0, 0.1) is 10.1 Å². The van der Waals surface area contributed by atoms with Crippen LogP contribution in [0.4, 0.5) is 11.4 Å². The fourth-order valence-electron chi connectivity index (χ4n) is 2.41. The molecule has 1 aromatic carbocycles. The number of aromatic carboxylic acids is 1. The van der Waals surface area contributed by atoms with Gasteiger partial charge < -0.3 is 14.7 Å². The molecule has 20 heavy (non-hydrogen) atoms. The van der Waals surface area contributed by atoms with Gasteiger partial charge in [0.05, 0.1) is 11.0 Å². The third kappa shape index (κ3) is 2.88. The number of piperidine rings is 1. The average Bonchev–Trinajstić information content (AvgIpc) is 2.46. The van der Waals surface area contributed by atoms with Crippen molar-refractivity contribution in [2.75, 3.05) is 25.1 Å². The minimum Gasteiger partial charge on any atom is -0.477 e. The molecule has 0 radical (unpaired) electrons. The molecule has 7 nitrogen and oxygen atoms in total. The fourth-order valence-corrected chi connectivity index (χ4v) is 2.41. The van der Waals surface area contributed by atoms with Gasteiger partial charge in [0, 0.05) is 32.0 Å². The third-order valence-corrected chi connectivity index (χ3v) is 3.49. The molecule has 1 aromatic rings. The molecule has 0 amide bonds. The molecule has 7 heteroatoms. The Hall–Kier alpha value is -2.15. The van der Waals surface area contributed by atoms with Crippen molar-refractivity contribution >= 4 is 17.3 Å². The van der Waals surface area contributed by atoms with Crippen molar-refractivity contribution in [2.24, 2.45) is 0 Å². The lowest BCUT2D eigenvalue weighted by molar-refractivity contribution is -0.385. The van der Waals surface area contributed by atoms with E-state index in [1.54, 1.807) is 13.2 Å². The largest absolute Gasteiger partial charge is 0.477 e. The van der Waals surface area contributed by atoms with Gasteiger partial charge in [-0.25, -0.2) is 4.79 Å². The van der Waals surface area contributed by atoms with Crippen LogP contribution < -0.4 is 4.90 Å². The van der Waals surface area contributed by atoms with Gasteiger partial charge >= 0.3 is 5.97 Å². The summed E-state index contributed by atoms with van der Waals surface area (Å²) in [6, 6.07) is 4.21. The van der Waals surface area contributed by atoms with E-state index in [9.17, 15) is 14.9 Å². The zero-order valence-electron chi connectivity index (χ0n) is 11.1. The van der Waals surface area contributed by atoms with Crippen LogP contribution >= 0.6 is 0 Å². The number of benzene rings is 1. The van der Waals surface area contributed by atoms with Crippen LogP contribution in [-0.4, -0.2) is 42.3 Å². The molecule has 1 atom stereocenters. The average molecular weight is 280 g/mol. The van der Waals surface area contributed by atoms with Gasteiger partial charge in [-0.2, -0.15) is 0 Å². The molecule has 1 aliphatic rings. The van der Waals surface area contributed by atoms with Gasteiger partial charge in [0.1, 0.15) is 5.56 Å². The maximum atomic E-state index is 11.0. The Morgan fingerprint density at radius 1 is 1.55 bits per heavy atom. The molecule has 108 valence electrons. The quantitative estimate of drug-likeness (QED) is 0.669. The van der Waals surface area contributed by atoms with Crippen molar-refractivity contribution in [3.8, 4) is 0 Å². The normalized spacial score (nSPS) is 18.9. The first-order valence-corrected chi connectivity index (χ1v) is 6.32. The van der Waals surface area contributed by atoms with E-state index in [1.807, 2.05) is 4.90 Å². The summed E-state index contributed by atoms with van der Waals surface area (Å²) in [4.78, 5) is 23.3. The second kappa shape index (κ2) is 5.87. The first kappa shape index (κ1) is 14.3. The summed E-state index contributed by atoms with van der Waals surface area (Å²) in [5.41, 5.74) is -0.0166. The SMILES string of the molecule is COC1CCCN(c2ccc(C(=O)O)c([N+](=O)[O-])c2)C1. The second-order valence-electron chi connectivity index (χ2n) is 4.71. The number of methoxy groups -OCH3 is 1. The first-order valence-electron chi connectivity index (χ1n) is 6.32.